The number of benzene rings is 1. The maximum absolute atomic E-state index is 12.8. The van der Waals surface area contributed by atoms with Crippen molar-refractivity contribution in [2.45, 2.75) is 32.4 Å². The highest BCUT2D eigenvalue weighted by atomic mass is 16.6. The van der Waals surface area contributed by atoms with Gasteiger partial charge in [0.2, 0.25) is 5.43 Å². The number of ether oxygens (including phenoxy) is 2. The third-order valence-electron chi connectivity index (χ3n) is 5.61. The zero-order chi connectivity index (χ0) is 22.5. The summed E-state index contributed by atoms with van der Waals surface area (Å²) in [5.74, 6) is -0.640. The Bertz CT molecular complexity index is 1170. The Hall–Kier alpha value is -3.68. The van der Waals surface area contributed by atoms with Gasteiger partial charge in [0.15, 0.2) is 0 Å². The van der Waals surface area contributed by atoms with E-state index in [1.54, 1.807) is 36.4 Å². The third kappa shape index (κ3) is 4.49. The molecule has 0 radical (unpaired) electrons. The quantitative estimate of drug-likeness (QED) is 0.570. The number of carbonyl (C=O) groups is 2. The van der Waals surface area contributed by atoms with Crippen LogP contribution in [-0.2, 0) is 16.1 Å². The lowest BCUT2D eigenvalue weighted by atomic mass is 10.0. The van der Waals surface area contributed by atoms with Crippen LogP contribution in [0, 0.1) is 0 Å². The largest absolute Gasteiger partial charge is 0.462 e. The molecule has 0 aliphatic carbocycles. The maximum atomic E-state index is 12.8. The summed E-state index contributed by atoms with van der Waals surface area (Å²) in [5.41, 5.74) is 1.07. The molecule has 1 fully saturated rings. The van der Waals surface area contributed by atoms with Crippen molar-refractivity contribution < 1.29 is 19.1 Å². The highest BCUT2D eigenvalue weighted by Crippen LogP contribution is 2.26. The molecule has 3 heterocycles. The smallest absolute Gasteiger partial charge is 0.410 e. The second-order valence-electron chi connectivity index (χ2n) is 7.63. The van der Waals surface area contributed by atoms with E-state index >= 15 is 0 Å². The Labute approximate surface area is 185 Å². The molecule has 0 bridgehead atoms. The highest BCUT2D eigenvalue weighted by molar-refractivity contribution is 5.93. The fraction of sp³-hybridized carbons (Fsp3) is 0.333. The number of rotatable bonds is 5. The second-order valence-corrected chi connectivity index (χ2v) is 7.63. The van der Waals surface area contributed by atoms with E-state index in [4.69, 9.17) is 9.47 Å². The molecule has 166 valence electrons. The molecule has 3 aromatic rings. The van der Waals surface area contributed by atoms with Gasteiger partial charge in [-0.25, -0.2) is 14.6 Å². The van der Waals surface area contributed by atoms with Crippen LogP contribution in [0.4, 0.5) is 4.79 Å². The molecule has 0 atom stereocenters. The Kier molecular flexibility index (Phi) is 6.49. The van der Waals surface area contributed by atoms with E-state index in [1.165, 1.54) is 0 Å². The molecule has 0 saturated carbocycles. The molecule has 0 N–H and O–H groups in total. The molecule has 0 unspecified atom stereocenters. The minimum absolute atomic E-state index is 0.00273. The van der Waals surface area contributed by atoms with Gasteiger partial charge >= 0.3 is 12.1 Å². The minimum atomic E-state index is -0.640. The molecule has 1 aromatic carbocycles. The average Bonchev–Trinajstić information content (AvgIpc) is 2.84. The van der Waals surface area contributed by atoms with Gasteiger partial charge in [-0.3, -0.25) is 4.79 Å². The Morgan fingerprint density at radius 2 is 1.81 bits per heavy atom. The summed E-state index contributed by atoms with van der Waals surface area (Å²) in [6, 6.07) is 12.9. The predicted octanol–water partition coefficient (Wildman–Crippen LogP) is 3.55. The monoisotopic (exact) mass is 435 g/mol. The second kappa shape index (κ2) is 9.64. The predicted molar refractivity (Wildman–Crippen MR) is 118 cm³/mol. The van der Waals surface area contributed by atoms with Gasteiger partial charge in [-0.05, 0) is 37.5 Å². The third-order valence-corrected chi connectivity index (χ3v) is 5.61. The SMILES string of the molecule is CCOC(=O)c1cn(C2CCN(C(=O)OCc3ccccc3)CC2)c2ncccc2c1=O. The average molecular weight is 435 g/mol. The number of piperidine rings is 1. The van der Waals surface area contributed by atoms with E-state index in [0.717, 1.165) is 5.56 Å². The number of carbonyl (C=O) groups excluding carboxylic acids is 2. The number of pyridine rings is 2. The number of hydrogen-bond acceptors (Lipinski definition) is 6. The van der Waals surface area contributed by atoms with Gasteiger partial charge in [0.05, 0.1) is 12.0 Å². The fourth-order valence-corrected chi connectivity index (χ4v) is 3.95. The molecule has 1 aliphatic rings. The van der Waals surface area contributed by atoms with Crippen molar-refractivity contribution in [3.05, 3.63) is 76.2 Å². The molecule has 4 rings (SSSR count). The van der Waals surface area contributed by atoms with E-state index in [9.17, 15) is 14.4 Å². The molecule has 32 heavy (non-hydrogen) atoms. The van der Waals surface area contributed by atoms with Gasteiger partial charge in [0.1, 0.15) is 17.8 Å². The van der Waals surface area contributed by atoms with Gasteiger partial charge in [-0.2, -0.15) is 0 Å². The number of fused-ring (bicyclic) bond motifs is 1. The topological polar surface area (TPSA) is 90.7 Å². The van der Waals surface area contributed by atoms with Crippen LogP contribution in [-0.4, -0.2) is 46.2 Å². The van der Waals surface area contributed by atoms with Crippen LogP contribution >= 0.6 is 0 Å². The van der Waals surface area contributed by atoms with E-state index in [0.29, 0.717) is 37.0 Å². The molecule has 2 aromatic heterocycles. The Balaban J connectivity index is 1.50. The number of amides is 1. The molecule has 8 nitrogen and oxygen atoms in total. The molecular weight excluding hydrogens is 410 g/mol. The lowest BCUT2D eigenvalue weighted by Crippen LogP contribution is -2.39. The summed E-state index contributed by atoms with van der Waals surface area (Å²) in [5, 5.41) is 0.378. The van der Waals surface area contributed by atoms with Crippen molar-refractivity contribution in [2.75, 3.05) is 19.7 Å². The van der Waals surface area contributed by atoms with Gasteiger partial charge < -0.3 is 18.9 Å². The van der Waals surface area contributed by atoms with Crippen LogP contribution in [0.5, 0.6) is 0 Å². The molecule has 0 spiro atoms. The lowest BCUT2D eigenvalue weighted by molar-refractivity contribution is 0.0524. The number of esters is 1. The maximum Gasteiger partial charge on any atom is 0.410 e. The van der Waals surface area contributed by atoms with Crippen molar-refractivity contribution in [3.8, 4) is 0 Å². The van der Waals surface area contributed by atoms with Crippen molar-refractivity contribution >= 4 is 23.1 Å². The van der Waals surface area contributed by atoms with E-state index in [2.05, 4.69) is 4.98 Å². The highest BCUT2D eigenvalue weighted by Gasteiger charge is 2.27. The van der Waals surface area contributed by atoms with Crippen LogP contribution in [0.1, 0.15) is 41.7 Å². The normalized spacial score (nSPS) is 14.3. The van der Waals surface area contributed by atoms with Crippen molar-refractivity contribution in [1.29, 1.82) is 0 Å². The number of aromatic nitrogens is 2. The first kappa shape index (κ1) is 21.5. The summed E-state index contributed by atoms with van der Waals surface area (Å²) in [4.78, 5) is 43.7. The standard InChI is InChI=1S/C24H25N3O5/c1-2-31-23(29)20-15-27(22-19(21(20)28)9-6-12-25-22)18-10-13-26(14-11-18)24(30)32-16-17-7-4-3-5-8-17/h3-9,12,15,18H,2,10-11,13-14,16H2,1H3. The number of likely N-dealkylation sites (tertiary alicyclic amines) is 1. The van der Waals surface area contributed by atoms with Crippen molar-refractivity contribution in [3.63, 3.8) is 0 Å². The molecule has 1 amide bonds. The van der Waals surface area contributed by atoms with Gasteiger partial charge in [-0.15, -0.1) is 0 Å². The van der Waals surface area contributed by atoms with E-state index in [-0.39, 0.29) is 36.3 Å². The first-order valence-corrected chi connectivity index (χ1v) is 10.7. The van der Waals surface area contributed by atoms with Gasteiger partial charge in [-0.1, -0.05) is 30.3 Å². The lowest BCUT2D eigenvalue weighted by Gasteiger charge is -2.33. The molecule has 8 heteroatoms. The van der Waals surface area contributed by atoms with Crippen LogP contribution in [0.25, 0.3) is 11.0 Å². The van der Waals surface area contributed by atoms with Crippen molar-refractivity contribution in [2.24, 2.45) is 0 Å². The fourth-order valence-electron chi connectivity index (χ4n) is 3.95. The van der Waals surface area contributed by atoms with Crippen molar-refractivity contribution in [1.82, 2.24) is 14.5 Å². The summed E-state index contributed by atoms with van der Waals surface area (Å²) in [6.45, 7) is 3.14. The first-order valence-electron chi connectivity index (χ1n) is 10.7. The van der Waals surface area contributed by atoms with Gasteiger partial charge in [0, 0.05) is 31.5 Å². The van der Waals surface area contributed by atoms with Crippen LogP contribution in [0.2, 0.25) is 0 Å². The van der Waals surface area contributed by atoms with Crippen LogP contribution in [0.15, 0.2) is 59.7 Å². The summed E-state index contributed by atoms with van der Waals surface area (Å²) >= 11 is 0. The van der Waals surface area contributed by atoms with E-state index < -0.39 is 5.97 Å². The van der Waals surface area contributed by atoms with Crippen LogP contribution in [0.3, 0.4) is 0 Å². The molecular formula is C24H25N3O5. The molecule has 1 saturated heterocycles. The zero-order valence-corrected chi connectivity index (χ0v) is 17.9. The van der Waals surface area contributed by atoms with Gasteiger partial charge in [0.25, 0.3) is 0 Å². The Morgan fingerprint density at radius 1 is 1.06 bits per heavy atom. The van der Waals surface area contributed by atoms with Crippen LogP contribution < -0.4 is 5.43 Å². The number of hydrogen-bond donors (Lipinski definition) is 0. The summed E-state index contributed by atoms with van der Waals surface area (Å²) in [7, 11) is 0. The Morgan fingerprint density at radius 3 is 2.53 bits per heavy atom. The number of nitrogens with zero attached hydrogens (tertiary/aromatic N) is 3. The minimum Gasteiger partial charge on any atom is -0.462 e. The summed E-state index contributed by atoms with van der Waals surface area (Å²) in [6.07, 6.45) is 4.12. The van der Waals surface area contributed by atoms with E-state index in [1.807, 2.05) is 34.9 Å². The first-order chi connectivity index (χ1) is 15.6. The summed E-state index contributed by atoms with van der Waals surface area (Å²) < 4.78 is 12.4. The zero-order valence-electron chi connectivity index (χ0n) is 17.9. The molecule has 1 aliphatic heterocycles.